The molecule has 1 rings (SSSR count). The molecule has 0 saturated heterocycles. The van der Waals surface area contributed by atoms with Gasteiger partial charge in [-0.1, -0.05) is 0 Å². The van der Waals surface area contributed by atoms with Crippen LogP contribution in [0.3, 0.4) is 0 Å². The zero-order valence-corrected chi connectivity index (χ0v) is 9.37. The summed E-state index contributed by atoms with van der Waals surface area (Å²) in [6.45, 7) is 2.32. The van der Waals surface area contributed by atoms with E-state index in [1.165, 1.54) is 0 Å². The van der Waals surface area contributed by atoms with Crippen LogP contribution in [-0.4, -0.2) is 42.2 Å². The van der Waals surface area contributed by atoms with Crippen molar-refractivity contribution in [2.75, 3.05) is 18.9 Å². The third-order valence-electron chi connectivity index (χ3n) is 1.79. The molecule has 0 spiro atoms. The molecule has 0 fully saturated rings. The Morgan fingerprint density at radius 1 is 1.60 bits per heavy atom. The van der Waals surface area contributed by atoms with Crippen LogP contribution >= 0.6 is 0 Å². The van der Waals surface area contributed by atoms with Gasteiger partial charge in [0, 0.05) is 12.7 Å². The number of aliphatic hydroxyl groups is 1. The fourth-order valence-corrected chi connectivity index (χ4v) is 1.88. The van der Waals surface area contributed by atoms with E-state index in [0.29, 0.717) is 6.54 Å². The van der Waals surface area contributed by atoms with E-state index in [0.717, 1.165) is 5.56 Å². The molecule has 1 heterocycles. The van der Waals surface area contributed by atoms with E-state index in [1.807, 2.05) is 13.1 Å². The van der Waals surface area contributed by atoms with E-state index in [1.54, 1.807) is 10.9 Å². The van der Waals surface area contributed by atoms with Gasteiger partial charge >= 0.3 is 0 Å². The Bertz CT molecular complexity index is 399. The van der Waals surface area contributed by atoms with Gasteiger partial charge in [0.15, 0.2) is 0 Å². The largest absolute Gasteiger partial charge is 0.395 e. The number of aliphatic hydroxyl groups excluding tert-OH is 1. The molecule has 15 heavy (non-hydrogen) atoms. The van der Waals surface area contributed by atoms with Gasteiger partial charge in [-0.2, -0.15) is 5.10 Å². The first-order valence-electron chi connectivity index (χ1n) is 4.61. The fourth-order valence-electron chi connectivity index (χ4n) is 1.10. The lowest BCUT2D eigenvalue weighted by Gasteiger charge is -2.04. The molecule has 0 atom stereocenters. The molecule has 0 amide bonds. The smallest absolute Gasteiger partial charge is 0.213 e. The minimum absolute atomic E-state index is 0.259. The molecule has 0 aliphatic heterocycles. The second-order valence-corrected chi connectivity index (χ2v) is 5.14. The Labute approximate surface area is 89.0 Å². The van der Waals surface area contributed by atoms with Gasteiger partial charge in [0.2, 0.25) is 10.0 Å². The van der Waals surface area contributed by atoms with Crippen molar-refractivity contribution in [1.82, 2.24) is 14.5 Å². The average molecular weight is 233 g/mol. The maximum Gasteiger partial charge on any atom is 0.213 e. The molecular formula is C8H15N3O3S. The summed E-state index contributed by atoms with van der Waals surface area (Å²) in [5.74, 6) is -0.259. The second-order valence-electron chi connectivity index (χ2n) is 3.22. The first kappa shape index (κ1) is 12.2. The first-order chi connectivity index (χ1) is 7.03. The number of hydrogen-bond acceptors (Lipinski definition) is 4. The van der Waals surface area contributed by atoms with Crippen molar-refractivity contribution in [1.29, 1.82) is 0 Å². The number of nitrogens with zero attached hydrogens (tertiary/aromatic N) is 2. The summed E-state index contributed by atoms with van der Waals surface area (Å²) in [6.07, 6.45) is 3.54. The number of rotatable bonds is 6. The molecule has 0 bridgehead atoms. The van der Waals surface area contributed by atoms with Crippen LogP contribution in [0.4, 0.5) is 0 Å². The van der Waals surface area contributed by atoms with Crippen LogP contribution < -0.4 is 4.72 Å². The van der Waals surface area contributed by atoms with E-state index in [-0.39, 0.29) is 18.9 Å². The van der Waals surface area contributed by atoms with Crippen LogP contribution in [0.25, 0.3) is 0 Å². The summed E-state index contributed by atoms with van der Waals surface area (Å²) in [5.41, 5.74) is 1.04. The Hall–Kier alpha value is -0.920. The minimum Gasteiger partial charge on any atom is -0.395 e. The lowest BCUT2D eigenvalue weighted by molar-refractivity contribution is 0.319. The van der Waals surface area contributed by atoms with E-state index >= 15 is 0 Å². The highest BCUT2D eigenvalue weighted by Crippen LogP contribution is 1.93. The summed E-state index contributed by atoms with van der Waals surface area (Å²) in [7, 11) is -3.34. The molecule has 0 aliphatic rings. The Morgan fingerprint density at radius 3 is 2.87 bits per heavy atom. The fraction of sp³-hybridized carbons (Fsp3) is 0.625. The van der Waals surface area contributed by atoms with Crippen LogP contribution in [0.15, 0.2) is 12.4 Å². The van der Waals surface area contributed by atoms with Crippen molar-refractivity contribution in [3.63, 3.8) is 0 Å². The normalized spacial score (nSPS) is 11.9. The van der Waals surface area contributed by atoms with Gasteiger partial charge < -0.3 is 5.11 Å². The quantitative estimate of drug-likeness (QED) is 0.667. The summed E-state index contributed by atoms with van der Waals surface area (Å²) in [5, 5.41) is 12.5. The van der Waals surface area contributed by atoms with Crippen molar-refractivity contribution in [3.8, 4) is 0 Å². The molecule has 0 aliphatic carbocycles. The zero-order chi connectivity index (χ0) is 11.3. The summed E-state index contributed by atoms with van der Waals surface area (Å²) >= 11 is 0. The van der Waals surface area contributed by atoms with Crippen LogP contribution in [0, 0.1) is 6.92 Å². The summed E-state index contributed by atoms with van der Waals surface area (Å²) in [6, 6.07) is 0. The van der Waals surface area contributed by atoms with Crippen molar-refractivity contribution in [3.05, 3.63) is 18.0 Å². The predicted molar refractivity (Wildman–Crippen MR) is 55.8 cm³/mol. The number of aryl methyl sites for hydroxylation is 1. The van der Waals surface area contributed by atoms with E-state index < -0.39 is 10.0 Å². The molecule has 0 unspecified atom stereocenters. The van der Waals surface area contributed by atoms with Gasteiger partial charge in [0.25, 0.3) is 0 Å². The predicted octanol–water partition coefficient (Wildman–Crippen LogP) is -0.897. The zero-order valence-electron chi connectivity index (χ0n) is 8.55. The number of sulfonamides is 1. The van der Waals surface area contributed by atoms with E-state index in [4.69, 9.17) is 5.11 Å². The Balaban J connectivity index is 2.33. The van der Waals surface area contributed by atoms with Gasteiger partial charge in [-0.15, -0.1) is 0 Å². The lowest BCUT2D eigenvalue weighted by atomic mass is 10.4. The van der Waals surface area contributed by atoms with Crippen LogP contribution in [0.5, 0.6) is 0 Å². The van der Waals surface area contributed by atoms with E-state index in [9.17, 15) is 8.42 Å². The molecule has 7 heteroatoms. The maximum absolute atomic E-state index is 11.1. The van der Waals surface area contributed by atoms with E-state index in [2.05, 4.69) is 9.82 Å². The average Bonchev–Trinajstić information content (AvgIpc) is 2.51. The molecule has 0 saturated carbocycles. The Kier molecular flexibility index (Phi) is 4.25. The summed E-state index contributed by atoms with van der Waals surface area (Å²) in [4.78, 5) is 0. The van der Waals surface area contributed by atoms with Crippen LogP contribution in [0.2, 0.25) is 0 Å². The molecule has 0 aromatic carbocycles. The highest BCUT2D eigenvalue weighted by Gasteiger charge is 2.07. The molecule has 0 radical (unpaired) electrons. The lowest BCUT2D eigenvalue weighted by Crippen LogP contribution is -2.30. The second kappa shape index (κ2) is 5.24. The minimum atomic E-state index is -3.34. The van der Waals surface area contributed by atoms with Gasteiger partial charge in [0.05, 0.1) is 25.1 Å². The topological polar surface area (TPSA) is 84.2 Å². The van der Waals surface area contributed by atoms with Gasteiger partial charge in [-0.05, 0) is 12.5 Å². The third kappa shape index (κ3) is 4.41. The molecule has 86 valence electrons. The van der Waals surface area contributed by atoms with Gasteiger partial charge in [-0.25, -0.2) is 13.1 Å². The molecular weight excluding hydrogens is 218 g/mol. The number of hydrogen-bond donors (Lipinski definition) is 2. The molecule has 1 aromatic heterocycles. The van der Waals surface area contributed by atoms with Crippen molar-refractivity contribution >= 4 is 10.0 Å². The molecule has 2 N–H and O–H groups in total. The van der Waals surface area contributed by atoms with Crippen molar-refractivity contribution in [2.45, 2.75) is 13.5 Å². The molecule has 1 aromatic rings. The highest BCUT2D eigenvalue weighted by molar-refractivity contribution is 7.89. The van der Waals surface area contributed by atoms with Crippen LogP contribution in [0.1, 0.15) is 5.56 Å². The third-order valence-corrected chi connectivity index (χ3v) is 3.15. The molecule has 6 nitrogen and oxygen atoms in total. The van der Waals surface area contributed by atoms with Crippen LogP contribution in [-0.2, 0) is 16.6 Å². The summed E-state index contributed by atoms with van der Waals surface area (Å²) < 4.78 is 26.3. The first-order valence-corrected chi connectivity index (χ1v) is 6.26. The number of nitrogens with one attached hydrogen (secondary N) is 1. The SMILES string of the molecule is Cc1cnn(CCNS(=O)(=O)CCO)c1. The maximum atomic E-state index is 11.1. The van der Waals surface area contributed by atoms with Crippen molar-refractivity contribution < 1.29 is 13.5 Å². The van der Waals surface area contributed by atoms with Gasteiger partial charge in [-0.3, -0.25) is 4.68 Å². The standard InChI is InChI=1S/C8H15N3O3S/c1-8-6-9-11(7-8)3-2-10-15(13,14)5-4-12/h6-7,10,12H,2-5H2,1H3. The van der Waals surface area contributed by atoms with Crippen molar-refractivity contribution in [2.24, 2.45) is 0 Å². The highest BCUT2D eigenvalue weighted by atomic mass is 32.2. The van der Waals surface area contributed by atoms with Gasteiger partial charge in [0.1, 0.15) is 0 Å². The monoisotopic (exact) mass is 233 g/mol. The number of aromatic nitrogens is 2. The Morgan fingerprint density at radius 2 is 2.33 bits per heavy atom.